The molecule has 2 fully saturated rings. The molecule has 0 amide bonds. The minimum atomic E-state index is -0.192. The topological polar surface area (TPSA) is 33.7 Å². The van der Waals surface area contributed by atoms with Crippen molar-refractivity contribution in [2.24, 2.45) is 5.92 Å². The molecule has 0 bridgehead atoms. The van der Waals surface area contributed by atoms with Gasteiger partial charge in [0.1, 0.15) is 0 Å². The SMILES string of the molecule is CC(CN(C)C)NCCC1CCC2(CC1)OCCO2. The molecule has 19 heavy (non-hydrogen) atoms. The fourth-order valence-electron chi connectivity index (χ4n) is 3.34. The second-order valence-electron chi connectivity index (χ2n) is 6.46. The van der Waals surface area contributed by atoms with Crippen LogP contribution in [0.4, 0.5) is 0 Å². The lowest BCUT2D eigenvalue weighted by molar-refractivity contribution is -0.182. The molecule has 0 aromatic rings. The summed E-state index contributed by atoms with van der Waals surface area (Å²) in [5.41, 5.74) is 0. The van der Waals surface area contributed by atoms with E-state index in [9.17, 15) is 0 Å². The van der Waals surface area contributed by atoms with Gasteiger partial charge in [0.25, 0.3) is 0 Å². The molecule has 1 atom stereocenters. The van der Waals surface area contributed by atoms with Crippen LogP contribution in [0.15, 0.2) is 0 Å². The van der Waals surface area contributed by atoms with Crippen LogP contribution in [0, 0.1) is 5.92 Å². The van der Waals surface area contributed by atoms with E-state index in [0.29, 0.717) is 6.04 Å². The van der Waals surface area contributed by atoms with Gasteiger partial charge in [-0.3, -0.25) is 0 Å². The van der Waals surface area contributed by atoms with Gasteiger partial charge in [-0.2, -0.15) is 0 Å². The number of hydrogen-bond acceptors (Lipinski definition) is 4. The maximum atomic E-state index is 5.77. The number of nitrogens with one attached hydrogen (secondary N) is 1. The smallest absolute Gasteiger partial charge is 0.168 e. The van der Waals surface area contributed by atoms with E-state index in [4.69, 9.17) is 9.47 Å². The Kier molecular flexibility index (Phi) is 5.63. The highest BCUT2D eigenvalue weighted by molar-refractivity contribution is 4.82. The summed E-state index contributed by atoms with van der Waals surface area (Å²) in [4.78, 5) is 2.23. The third kappa shape index (κ3) is 4.71. The Bertz CT molecular complexity index is 255. The normalized spacial score (nSPS) is 25.3. The summed E-state index contributed by atoms with van der Waals surface area (Å²) in [6.07, 6.45) is 5.97. The van der Waals surface area contributed by atoms with Crippen LogP contribution in [0.25, 0.3) is 0 Å². The van der Waals surface area contributed by atoms with Crippen LogP contribution in [0.5, 0.6) is 0 Å². The molecule has 0 aromatic heterocycles. The Morgan fingerprint density at radius 1 is 1.21 bits per heavy atom. The second kappa shape index (κ2) is 7.02. The first-order valence-electron chi connectivity index (χ1n) is 7.76. The van der Waals surface area contributed by atoms with Gasteiger partial charge in [-0.05, 0) is 52.7 Å². The minimum absolute atomic E-state index is 0.192. The largest absolute Gasteiger partial charge is 0.348 e. The van der Waals surface area contributed by atoms with Gasteiger partial charge < -0.3 is 19.7 Å². The molecule has 0 radical (unpaired) electrons. The van der Waals surface area contributed by atoms with Crippen LogP contribution in [-0.2, 0) is 9.47 Å². The van der Waals surface area contributed by atoms with Crippen molar-refractivity contribution < 1.29 is 9.47 Å². The quantitative estimate of drug-likeness (QED) is 0.798. The van der Waals surface area contributed by atoms with Crippen LogP contribution in [-0.4, -0.2) is 57.1 Å². The molecule has 2 aliphatic rings. The molecule has 0 aromatic carbocycles. The first kappa shape index (κ1) is 15.2. The number of nitrogens with zero attached hydrogens (tertiary/aromatic N) is 1. The number of hydrogen-bond donors (Lipinski definition) is 1. The summed E-state index contributed by atoms with van der Waals surface area (Å²) in [5, 5.41) is 3.62. The van der Waals surface area contributed by atoms with Crippen molar-refractivity contribution in [2.45, 2.75) is 50.9 Å². The molecule has 1 saturated heterocycles. The molecule has 4 nitrogen and oxygen atoms in total. The third-order valence-corrected chi connectivity index (χ3v) is 4.36. The van der Waals surface area contributed by atoms with E-state index in [2.05, 4.69) is 31.2 Å². The molecule has 1 aliphatic carbocycles. The van der Waals surface area contributed by atoms with E-state index < -0.39 is 0 Å². The molecule has 1 spiro atoms. The van der Waals surface area contributed by atoms with Crippen molar-refractivity contribution in [2.75, 3.05) is 40.4 Å². The lowest BCUT2D eigenvalue weighted by atomic mass is 9.83. The van der Waals surface area contributed by atoms with Crippen molar-refractivity contribution in [1.82, 2.24) is 10.2 Å². The monoisotopic (exact) mass is 270 g/mol. The standard InChI is InChI=1S/C15H30N2O2/c1-13(12-17(2)3)16-9-6-14-4-7-15(8-5-14)18-10-11-19-15/h13-14,16H,4-12H2,1-3H3. The van der Waals surface area contributed by atoms with Crippen molar-refractivity contribution in [3.8, 4) is 0 Å². The van der Waals surface area contributed by atoms with Gasteiger partial charge in [0.15, 0.2) is 5.79 Å². The highest BCUT2D eigenvalue weighted by atomic mass is 16.7. The molecule has 1 saturated carbocycles. The van der Waals surface area contributed by atoms with Gasteiger partial charge in [0, 0.05) is 25.4 Å². The van der Waals surface area contributed by atoms with E-state index in [0.717, 1.165) is 45.1 Å². The first-order chi connectivity index (χ1) is 9.10. The van der Waals surface area contributed by atoms with Gasteiger partial charge in [-0.15, -0.1) is 0 Å². The average Bonchev–Trinajstić information content (AvgIpc) is 2.80. The maximum Gasteiger partial charge on any atom is 0.168 e. The van der Waals surface area contributed by atoms with Crippen LogP contribution in [0.3, 0.4) is 0 Å². The number of rotatable bonds is 6. The average molecular weight is 270 g/mol. The Morgan fingerprint density at radius 2 is 1.84 bits per heavy atom. The molecule has 1 unspecified atom stereocenters. The van der Waals surface area contributed by atoms with Crippen molar-refractivity contribution in [3.63, 3.8) is 0 Å². The summed E-state index contributed by atoms with van der Waals surface area (Å²) in [5.74, 6) is 0.653. The number of likely N-dealkylation sites (N-methyl/N-ethyl adjacent to an activating group) is 1. The van der Waals surface area contributed by atoms with E-state index in [-0.39, 0.29) is 5.79 Å². The molecule has 1 heterocycles. The van der Waals surface area contributed by atoms with Gasteiger partial charge in [-0.25, -0.2) is 0 Å². The van der Waals surface area contributed by atoms with E-state index in [1.807, 2.05) is 0 Å². The predicted octanol–water partition coefficient (Wildman–Crippen LogP) is 1.85. The zero-order valence-electron chi connectivity index (χ0n) is 12.8. The fraction of sp³-hybridized carbons (Fsp3) is 1.00. The lowest BCUT2D eigenvalue weighted by Gasteiger charge is -2.35. The zero-order chi connectivity index (χ0) is 13.7. The summed E-state index contributed by atoms with van der Waals surface area (Å²) < 4.78 is 11.5. The second-order valence-corrected chi connectivity index (χ2v) is 6.46. The van der Waals surface area contributed by atoms with Gasteiger partial charge >= 0.3 is 0 Å². The van der Waals surface area contributed by atoms with E-state index in [1.54, 1.807) is 0 Å². The molecule has 112 valence electrons. The van der Waals surface area contributed by atoms with Crippen molar-refractivity contribution in [1.29, 1.82) is 0 Å². The highest BCUT2D eigenvalue weighted by Gasteiger charge is 2.39. The summed E-state index contributed by atoms with van der Waals surface area (Å²) in [6.45, 7) is 6.07. The van der Waals surface area contributed by atoms with Crippen LogP contribution >= 0.6 is 0 Å². The predicted molar refractivity (Wildman–Crippen MR) is 77.2 cm³/mol. The summed E-state index contributed by atoms with van der Waals surface area (Å²) >= 11 is 0. The molecular formula is C15H30N2O2. The van der Waals surface area contributed by atoms with Crippen LogP contribution in [0.1, 0.15) is 39.0 Å². The first-order valence-corrected chi connectivity index (χ1v) is 7.76. The van der Waals surface area contributed by atoms with Crippen LogP contribution < -0.4 is 5.32 Å². The van der Waals surface area contributed by atoms with Gasteiger partial charge in [0.05, 0.1) is 13.2 Å². The molecule has 4 heteroatoms. The molecule has 2 rings (SSSR count). The Labute approximate surface area is 117 Å². The van der Waals surface area contributed by atoms with E-state index >= 15 is 0 Å². The Hall–Kier alpha value is -0.160. The lowest BCUT2D eigenvalue weighted by Crippen LogP contribution is -2.38. The molecule has 1 N–H and O–H groups in total. The maximum absolute atomic E-state index is 5.77. The van der Waals surface area contributed by atoms with Gasteiger partial charge in [-0.1, -0.05) is 0 Å². The third-order valence-electron chi connectivity index (χ3n) is 4.36. The number of ether oxygens (including phenoxy) is 2. The van der Waals surface area contributed by atoms with Crippen LogP contribution in [0.2, 0.25) is 0 Å². The van der Waals surface area contributed by atoms with E-state index in [1.165, 1.54) is 19.3 Å². The van der Waals surface area contributed by atoms with Crippen molar-refractivity contribution >= 4 is 0 Å². The summed E-state index contributed by atoms with van der Waals surface area (Å²) in [6, 6.07) is 0.575. The molecular weight excluding hydrogens is 240 g/mol. The highest BCUT2D eigenvalue weighted by Crippen LogP contribution is 2.39. The minimum Gasteiger partial charge on any atom is -0.348 e. The van der Waals surface area contributed by atoms with Crippen molar-refractivity contribution in [3.05, 3.63) is 0 Å². The zero-order valence-corrected chi connectivity index (χ0v) is 12.8. The molecule has 1 aliphatic heterocycles. The summed E-state index contributed by atoms with van der Waals surface area (Å²) in [7, 11) is 4.25. The Balaban J connectivity index is 1.58. The fourth-order valence-corrected chi connectivity index (χ4v) is 3.34. The Morgan fingerprint density at radius 3 is 2.42 bits per heavy atom. The van der Waals surface area contributed by atoms with Gasteiger partial charge in [0.2, 0.25) is 0 Å².